The smallest absolute Gasteiger partial charge is 0.335 e. The quantitative estimate of drug-likeness (QED) is 0.450. The maximum Gasteiger partial charge on any atom is 1.00 e. The summed E-state index contributed by atoms with van der Waals surface area (Å²) in [6.45, 7) is 0. The molecule has 1 aromatic heterocycles. The zero-order valence-electron chi connectivity index (χ0n) is 7.69. The standard InChI is InChI=1S/C10H5N2S.Li/c11-5-8-1-3-9(4-2-8)10-6-13-7-12-10;/h1-4,7H;/q-1;+1. The number of aromatic nitrogens is 1. The van der Waals surface area contributed by atoms with Crippen LogP contribution in [0.1, 0.15) is 5.56 Å². The zero-order chi connectivity index (χ0) is 9.10. The Morgan fingerprint density at radius 1 is 1.29 bits per heavy atom. The van der Waals surface area contributed by atoms with Crippen LogP contribution in [-0.4, -0.2) is 4.98 Å². The van der Waals surface area contributed by atoms with Crippen LogP contribution in [0.15, 0.2) is 29.8 Å². The largest absolute Gasteiger partial charge is 1.00 e. The molecule has 4 heteroatoms. The molecule has 14 heavy (non-hydrogen) atoms. The summed E-state index contributed by atoms with van der Waals surface area (Å²) in [4.78, 5) is 4.12. The van der Waals surface area contributed by atoms with E-state index in [0.717, 1.165) is 11.3 Å². The summed E-state index contributed by atoms with van der Waals surface area (Å²) in [6.07, 6.45) is 0. The molecule has 0 atom stereocenters. The summed E-state index contributed by atoms with van der Waals surface area (Å²) >= 11 is 1.44. The van der Waals surface area contributed by atoms with Gasteiger partial charge in [0.2, 0.25) is 0 Å². The molecule has 62 valence electrons. The average Bonchev–Trinajstić information content (AvgIpc) is 2.71. The van der Waals surface area contributed by atoms with Gasteiger partial charge in [0.25, 0.3) is 0 Å². The molecule has 0 saturated carbocycles. The molecule has 1 heterocycles. The Hall–Kier alpha value is -1.06. The number of thiazole rings is 1. The second-order valence-electron chi connectivity index (χ2n) is 2.49. The fourth-order valence-electron chi connectivity index (χ4n) is 1.02. The molecule has 0 aliphatic carbocycles. The molecular weight excluding hydrogens is 187 g/mol. The Kier molecular flexibility index (Phi) is 3.92. The molecule has 0 radical (unpaired) electrons. The van der Waals surface area contributed by atoms with E-state index in [2.05, 4.69) is 16.4 Å². The van der Waals surface area contributed by atoms with Crippen molar-refractivity contribution in [2.24, 2.45) is 0 Å². The SMILES string of the molecule is N#Cc1ccc(-c2[c-]scn2)cc1.[Li+]. The molecule has 2 aromatic rings. The van der Waals surface area contributed by atoms with Crippen molar-refractivity contribution in [1.82, 2.24) is 4.98 Å². The van der Waals surface area contributed by atoms with E-state index < -0.39 is 0 Å². The van der Waals surface area contributed by atoms with Crippen LogP contribution in [0.4, 0.5) is 0 Å². The van der Waals surface area contributed by atoms with Gasteiger partial charge in [0.1, 0.15) is 0 Å². The summed E-state index contributed by atoms with van der Waals surface area (Å²) < 4.78 is 0. The third-order valence-electron chi connectivity index (χ3n) is 1.68. The van der Waals surface area contributed by atoms with Crippen molar-refractivity contribution < 1.29 is 18.9 Å². The topological polar surface area (TPSA) is 36.7 Å². The number of hydrogen-bond acceptors (Lipinski definition) is 3. The number of nitriles is 1. The van der Waals surface area contributed by atoms with Gasteiger partial charge in [-0.05, 0) is 11.2 Å². The number of benzene rings is 1. The Labute approximate surface area is 98.4 Å². The van der Waals surface area contributed by atoms with Gasteiger partial charge in [0, 0.05) is 5.56 Å². The third kappa shape index (κ3) is 2.24. The van der Waals surface area contributed by atoms with Crippen LogP contribution in [0.5, 0.6) is 0 Å². The molecule has 0 N–H and O–H groups in total. The van der Waals surface area contributed by atoms with E-state index in [1.165, 1.54) is 11.3 Å². The first-order valence-electron chi connectivity index (χ1n) is 3.72. The van der Waals surface area contributed by atoms with E-state index in [-0.39, 0.29) is 18.9 Å². The van der Waals surface area contributed by atoms with Gasteiger partial charge in [0.05, 0.1) is 6.07 Å². The van der Waals surface area contributed by atoms with Gasteiger partial charge >= 0.3 is 18.9 Å². The molecule has 0 fully saturated rings. The van der Waals surface area contributed by atoms with E-state index in [9.17, 15) is 0 Å². The minimum Gasteiger partial charge on any atom is -0.335 e. The number of rotatable bonds is 1. The summed E-state index contributed by atoms with van der Waals surface area (Å²) in [5.74, 6) is 0. The molecule has 0 amide bonds. The van der Waals surface area contributed by atoms with Gasteiger partial charge in [-0.1, -0.05) is 23.1 Å². The summed E-state index contributed by atoms with van der Waals surface area (Å²) in [7, 11) is 0. The summed E-state index contributed by atoms with van der Waals surface area (Å²) in [5.41, 5.74) is 4.25. The molecule has 0 spiro atoms. The normalized spacial score (nSPS) is 8.79. The molecule has 0 bridgehead atoms. The molecule has 1 aromatic carbocycles. The number of nitrogens with zero attached hydrogens (tertiary/aromatic N) is 2. The van der Waals surface area contributed by atoms with E-state index in [4.69, 9.17) is 5.26 Å². The summed E-state index contributed by atoms with van der Waals surface area (Å²) in [5, 5.41) is 11.6. The zero-order valence-corrected chi connectivity index (χ0v) is 8.51. The van der Waals surface area contributed by atoms with Crippen LogP contribution < -0.4 is 18.9 Å². The van der Waals surface area contributed by atoms with E-state index in [1.807, 2.05) is 12.1 Å². The van der Waals surface area contributed by atoms with Gasteiger partial charge in [-0.3, -0.25) is 11.3 Å². The maximum atomic E-state index is 8.59. The molecule has 0 unspecified atom stereocenters. The van der Waals surface area contributed by atoms with Crippen LogP contribution >= 0.6 is 11.3 Å². The van der Waals surface area contributed by atoms with Crippen molar-refractivity contribution in [2.45, 2.75) is 0 Å². The molecule has 2 rings (SSSR count). The van der Waals surface area contributed by atoms with Crippen LogP contribution in [0.2, 0.25) is 0 Å². The van der Waals surface area contributed by atoms with Gasteiger partial charge in [0.15, 0.2) is 0 Å². The second-order valence-corrected chi connectivity index (χ2v) is 3.14. The number of hydrogen-bond donors (Lipinski definition) is 0. The van der Waals surface area contributed by atoms with E-state index in [0.29, 0.717) is 5.56 Å². The predicted octanol–water partition coefficient (Wildman–Crippen LogP) is -0.514. The Morgan fingerprint density at radius 3 is 2.50 bits per heavy atom. The first-order chi connectivity index (χ1) is 6.40. The van der Waals surface area contributed by atoms with Crippen LogP contribution in [0.25, 0.3) is 11.3 Å². The maximum absolute atomic E-state index is 8.59. The minimum absolute atomic E-state index is 0. The Balaban J connectivity index is 0.000000980. The third-order valence-corrected chi connectivity index (χ3v) is 2.20. The van der Waals surface area contributed by atoms with E-state index >= 15 is 0 Å². The Bertz CT molecular complexity index is 428. The van der Waals surface area contributed by atoms with Gasteiger partial charge in [-0.2, -0.15) is 5.26 Å². The second kappa shape index (κ2) is 4.98. The predicted molar refractivity (Wildman–Crippen MR) is 51.1 cm³/mol. The fourth-order valence-corrected chi connectivity index (χ4v) is 1.52. The summed E-state index contributed by atoms with van der Waals surface area (Å²) in [6, 6.07) is 9.39. The van der Waals surface area contributed by atoms with Crippen LogP contribution in [0, 0.1) is 16.7 Å². The van der Waals surface area contributed by atoms with Crippen LogP contribution in [-0.2, 0) is 0 Å². The van der Waals surface area contributed by atoms with Crippen molar-refractivity contribution >= 4 is 11.3 Å². The molecule has 0 aliphatic rings. The first kappa shape index (κ1) is 11.0. The Morgan fingerprint density at radius 2 is 2.00 bits per heavy atom. The molecular formula is C10H5LiN2S. The van der Waals surface area contributed by atoms with Crippen molar-refractivity contribution in [2.75, 3.05) is 0 Å². The van der Waals surface area contributed by atoms with Crippen LogP contribution in [0.3, 0.4) is 0 Å². The first-order valence-corrected chi connectivity index (χ1v) is 4.60. The monoisotopic (exact) mass is 192 g/mol. The van der Waals surface area contributed by atoms with E-state index in [1.54, 1.807) is 17.6 Å². The van der Waals surface area contributed by atoms with Crippen molar-refractivity contribution in [3.8, 4) is 17.3 Å². The van der Waals surface area contributed by atoms with Gasteiger partial charge < -0.3 is 4.98 Å². The minimum atomic E-state index is 0. The van der Waals surface area contributed by atoms with Crippen molar-refractivity contribution in [3.63, 3.8) is 0 Å². The molecule has 2 nitrogen and oxygen atoms in total. The van der Waals surface area contributed by atoms with Crippen molar-refractivity contribution in [1.29, 1.82) is 5.26 Å². The average molecular weight is 192 g/mol. The fraction of sp³-hybridized carbons (Fsp3) is 0. The molecule has 0 saturated heterocycles. The van der Waals surface area contributed by atoms with Gasteiger partial charge in [-0.15, -0.1) is 12.1 Å². The van der Waals surface area contributed by atoms with Gasteiger partial charge in [-0.25, -0.2) is 0 Å². The molecule has 0 aliphatic heterocycles. The van der Waals surface area contributed by atoms with Crippen molar-refractivity contribution in [3.05, 3.63) is 40.7 Å².